The van der Waals surface area contributed by atoms with Crippen LogP contribution in [0.5, 0.6) is 0 Å². The van der Waals surface area contributed by atoms with Crippen molar-refractivity contribution >= 4 is 29.1 Å². The van der Waals surface area contributed by atoms with E-state index in [0.717, 1.165) is 12.8 Å². The zero-order chi connectivity index (χ0) is 21.6. The van der Waals surface area contributed by atoms with E-state index in [-0.39, 0.29) is 47.6 Å². The number of carbonyl (C=O) groups is 2. The maximum Gasteiger partial charge on any atom is 0.330 e. The number of nitrogens with two attached hydrogens (primary N) is 1. The fourth-order valence-electron chi connectivity index (χ4n) is 3.76. The number of aromatic nitrogens is 2. The van der Waals surface area contributed by atoms with Crippen molar-refractivity contribution < 1.29 is 14.0 Å². The molecule has 0 bridgehead atoms. The number of aromatic amines is 1. The lowest BCUT2D eigenvalue weighted by molar-refractivity contribution is -0.129. The number of amides is 1. The van der Waals surface area contributed by atoms with Gasteiger partial charge in [0, 0.05) is 29.7 Å². The standard InChI is InChI=1S/C19H19ClFN5O4/c20-10-2-1-3-11(21)13(10)15-18(29)23-6-7-25(15)8-12(27)14-16(22)26(9-4-5-9)19(30)24-17(14)28/h1-3,9,15H,4-8,22H2,(H,23,29)(H,24,28,30). The molecule has 2 aliphatic rings. The van der Waals surface area contributed by atoms with Crippen molar-refractivity contribution in [3.8, 4) is 0 Å². The minimum Gasteiger partial charge on any atom is -0.384 e. The van der Waals surface area contributed by atoms with Gasteiger partial charge in [0.25, 0.3) is 5.56 Å². The van der Waals surface area contributed by atoms with Crippen molar-refractivity contribution in [2.24, 2.45) is 0 Å². The van der Waals surface area contributed by atoms with Gasteiger partial charge in [0.2, 0.25) is 5.91 Å². The minimum absolute atomic E-state index is 0.0472. The molecule has 1 atom stereocenters. The van der Waals surface area contributed by atoms with E-state index in [1.165, 1.54) is 27.7 Å². The lowest BCUT2D eigenvalue weighted by atomic mass is 10.0. The van der Waals surface area contributed by atoms with Crippen LogP contribution in [0.25, 0.3) is 0 Å². The van der Waals surface area contributed by atoms with Gasteiger partial charge in [-0.1, -0.05) is 17.7 Å². The third kappa shape index (κ3) is 3.52. The zero-order valence-corrected chi connectivity index (χ0v) is 16.5. The Balaban J connectivity index is 1.70. The van der Waals surface area contributed by atoms with E-state index in [4.69, 9.17) is 17.3 Å². The Morgan fingerprint density at radius 1 is 1.27 bits per heavy atom. The van der Waals surface area contributed by atoms with Gasteiger partial charge in [-0.2, -0.15) is 0 Å². The number of anilines is 1. The molecule has 1 unspecified atom stereocenters. The van der Waals surface area contributed by atoms with Crippen LogP contribution in [0.4, 0.5) is 10.2 Å². The summed E-state index contributed by atoms with van der Waals surface area (Å²) in [5.74, 6) is -2.05. The highest BCUT2D eigenvalue weighted by Gasteiger charge is 2.37. The second-order valence-corrected chi connectivity index (χ2v) is 7.75. The molecule has 11 heteroatoms. The van der Waals surface area contributed by atoms with Gasteiger partial charge in [-0.05, 0) is 25.0 Å². The summed E-state index contributed by atoms with van der Waals surface area (Å²) in [6.07, 6.45) is 1.45. The quantitative estimate of drug-likeness (QED) is 0.590. The molecule has 1 amide bonds. The van der Waals surface area contributed by atoms with Crippen LogP contribution in [0.3, 0.4) is 0 Å². The molecule has 158 valence electrons. The van der Waals surface area contributed by atoms with Crippen LogP contribution in [0.2, 0.25) is 5.02 Å². The van der Waals surface area contributed by atoms with Crippen LogP contribution < -0.4 is 22.3 Å². The lowest BCUT2D eigenvalue weighted by Gasteiger charge is -2.35. The molecule has 0 spiro atoms. The number of Topliss-reactive ketones (excluding diaryl/α,β-unsaturated/α-hetero) is 1. The molecule has 0 radical (unpaired) electrons. The van der Waals surface area contributed by atoms with E-state index in [0.29, 0.717) is 0 Å². The van der Waals surface area contributed by atoms with Gasteiger partial charge in [0.05, 0.1) is 6.54 Å². The molecule has 1 aliphatic carbocycles. The number of piperazine rings is 1. The fraction of sp³-hybridized carbons (Fsp3) is 0.368. The molecule has 2 aromatic rings. The summed E-state index contributed by atoms with van der Waals surface area (Å²) >= 11 is 6.13. The monoisotopic (exact) mass is 435 g/mol. The van der Waals surface area contributed by atoms with Crippen molar-refractivity contribution in [3.63, 3.8) is 0 Å². The molecule has 1 aromatic carbocycles. The first kappa shape index (κ1) is 20.3. The van der Waals surface area contributed by atoms with Crippen LogP contribution in [0, 0.1) is 5.82 Å². The molecule has 2 fully saturated rings. The van der Waals surface area contributed by atoms with E-state index < -0.39 is 34.8 Å². The number of halogens is 2. The molecule has 1 saturated heterocycles. The Morgan fingerprint density at radius 2 is 2.00 bits per heavy atom. The van der Waals surface area contributed by atoms with Crippen molar-refractivity contribution in [1.82, 2.24) is 19.8 Å². The zero-order valence-electron chi connectivity index (χ0n) is 15.8. The van der Waals surface area contributed by atoms with Gasteiger partial charge in [-0.3, -0.25) is 28.8 Å². The summed E-state index contributed by atoms with van der Waals surface area (Å²) in [5.41, 5.74) is 4.06. The number of ketones is 1. The molecule has 30 heavy (non-hydrogen) atoms. The number of rotatable bonds is 5. The SMILES string of the molecule is Nc1c(C(=O)CN2CCNC(=O)C2c2c(F)cccc2Cl)c(=O)[nH]c(=O)n1C1CC1. The van der Waals surface area contributed by atoms with E-state index in [2.05, 4.69) is 10.3 Å². The number of hydrogen-bond donors (Lipinski definition) is 3. The van der Waals surface area contributed by atoms with Gasteiger partial charge in [-0.15, -0.1) is 0 Å². The highest BCUT2D eigenvalue weighted by molar-refractivity contribution is 6.31. The number of H-pyrrole nitrogens is 1. The van der Waals surface area contributed by atoms with Crippen LogP contribution in [-0.4, -0.2) is 45.8 Å². The summed E-state index contributed by atoms with van der Waals surface area (Å²) in [6.45, 7) is 0.0912. The number of nitrogens with zero attached hydrogens (tertiary/aromatic N) is 2. The van der Waals surface area contributed by atoms with Gasteiger partial charge < -0.3 is 11.1 Å². The second-order valence-electron chi connectivity index (χ2n) is 7.34. The molecule has 4 N–H and O–H groups in total. The Bertz CT molecular complexity index is 1140. The van der Waals surface area contributed by atoms with E-state index in [1.54, 1.807) is 0 Å². The number of nitrogens with one attached hydrogen (secondary N) is 2. The third-order valence-electron chi connectivity index (χ3n) is 5.30. The van der Waals surface area contributed by atoms with Crippen molar-refractivity contribution in [3.05, 3.63) is 61.0 Å². The van der Waals surface area contributed by atoms with E-state index in [1.807, 2.05) is 0 Å². The smallest absolute Gasteiger partial charge is 0.330 e. The Hall–Kier alpha value is -2.98. The summed E-state index contributed by atoms with van der Waals surface area (Å²) in [6, 6.07) is 2.75. The van der Waals surface area contributed by atoms with Crippen molar-refractivity contribution in [2.75, 3.05) is 25.4 Å². The molecule has 9 nitrogen and oxygen atoms in total. The van der Waals surface area contributed by atoms with Gasteiger partial charge >= 0.3 is 5.69 Å². The highest BCUT2D eigenvalue weighted by Crippen LogP contribution is 2.35. The number of nitrogen functional groups attached to an aromatic ring is 1. The number of carbonyl (C=O) groups excluding carboxylic acids is 2. The fourth-order valence-corrected chi connectivity index (χ4v) is 4.03. The molecule has 2 heterocycles. The summed E-state index contributed by atoms with van der Waals surface area (Å²) < 4.78 is 15.7. The molecular formula is C19H19ClFN5O4. The van der Waals surface area contributed by atoms with Gasteiger partial charge in [0.15, 0.2) is 5.78 Å². The van der Waals surface area contributed by atoms with Crippen LogP contribution in [-0.2, 0) is 4.79 Å². The van der Waals surface area contributed by atoms with Gasteiger partial charge in [0.1, 0.15) is 23.2 Å². The number of hydrogen-bond acceptors (Lipinski definition) is 6. The van der Waals surface area contributed by atoms with Crippen LogP contribution in [0.15, 0.2) is 27.8 Å². The largest absolute Gasteiger partial charge is 0.384 e. The first-order valence-electron chi connectivity index (χ1n) is 9.42. The molecular weight excluding hydrogens is 417 g/mol. The summed E-state index contributed by atoms with van der Waals surface area (Å²) in [4.78, 5) is 53.5. The molecule has 1 saturated carbocycles. The highest BCUT2D eigenvalue weighted by atomic mass is 35.5. The Morgan fingerprint density at radius 3 is 2.67 bits per heavy atom. The molecule has 4 rings (SSSR count). The lowest BCUT2D eigenvalue weighted by Crippen LogP contribution is -2.52. The Labute approximate surface area is 174 Å². The normalized spacial score (nSPS) is 19.5. The average molecular weight is 436 g/mol. The van der Waals surface area contributed by atoms with Crippen molar-refractivity contribution in [1.29, 1.82) is 0 Å². The predicted molar refractivity (Wildman–Crippen MR) is 107 cm³/mol. The summed E-state index contributed by atoms with van der Waals surface area (Å²) in [5, 5.41) is 2.69. The topological polar surface area (TPSA) is 130 Å². The predicted octanol–water partition coefficient (Wildman–Crippen LogP) is 0.602. The Kier molecular flexibility index (Phi) is 5.20. The first-order chi connectivity index (χ1) is 14.3. The second kappa shape index (κ2) is 7.69. The first-order valence-corrected chi connectivity index (χ1v) is 9.80. The molecule has 1 aromatic heterocycles. The van der Waals surface area contributed by atoms with Crippen molar-refractivity contribution in [2.45, 2.75) is 24.9 Å². The van der Waals surface area contributed by atoms with E-state index in [9.17, 15) is 23.6 Å². The molecule has 1 aliphatic heterocycles. The van der Waals surface area contributed by atoms with E-state index >= 15 is 0 Å². The van der Waals surface area contributed by atoms with Gasteiger partial charge in [-0.25, -0.2) is 9.18 Å². The summed E-state index contributed by atoms with van der Waals surface area (Å²) in [7, 11) is 0. The van der Waals surface area contributed by atoms with Crippen LogP contribution in [0.1, 0.15) is 40.8 Å². The minimum atomic E-state index is -1.15. The third-order valence-corrected chi connectivity index (χ3v) is 5.63. The maximum absolute atomic E-state index is 14.5. The average Bonchev–Trinajstić information content (AvgIpc) is 3.48. The number of benzene rings is 1. The maximum atomic E-state index is 14.5. The van der Waals surface area contributed by atoms with Crippen LogP contribution >= 0.6 is 11.6 Å².